The van der Waals surface area contributed by atoms with Crippen LogP contribution in [0.2, 0.25) is 5.02 Å². The van der Waals surface area contributed by atoms with Crippen molar-refractivity contribution >= 4 is 24.2 Å². The summed E-state index contributed by atoms with van der Waals surface area (Å²) in [5.41, 5.74) is 1.03. The van der Waals surface area contributed by atoms with Gasteiger partial charge in [0.05, 0.1) is 13.8 Å². The molecule has 0 fully saturated rings. The number of halogens is 1. The Morgan fingerprint density at radius 1 is 1.60 bits per heavy atom. The first-order chi connectivity index (χ1) is 9.60. The molecule has 1 aromatic rings. The predicted molar refractivity (Wildman–Crippen MR) is 80.6 cm³/mol. The molecule has 5 nitrogen and oxygen atoms in total. The Hall–Kier alpha value is -1.85. The maximum atomic E-state index is 11.5. The zero-order valence-corrected chi connectivity index (χ0v) is 12.4. The number of nitrogens with one attached hydrogen (secondary N) is 1. The molecule has 0 heterocycles. The minimum atomic E-state index is -0.500. The summed E-state index contributed by atoms with van der Waals surface area (Å²) >= 11 is 5.96. The molecule has 1 aromatic carbocycles. The monoisotopic (exact) mass is 295 g/mol. The van der Waals surface area contributed by atoms with Crippen LogP contribution in [-0.2, 0) is 16.1 Å². The van der Waals surface area contributed by atoms with E-state index < -0.39 is 5.91 Å². The number of ether oxygens (including phenoxy) is 1. The van der Waals surface area contributed by atoms with Gasteiger partial charge >= 0.3 is 5.91 Å². The van der Waals surface area contributed by atoms with Crippen LogP contribution in [0, 0.1) is 0 Å². The molecule has 6 heteroatoms. The summed E-state index contributed by atoms with van der Waals surface area (Å²) in [5.74, 6) is -0.364. The highest BCUT2D eigenvalue weighted by Crippen LogP contribution is 2.13. The third kappa shape index (κ3) is 5.03. The molecular formula is C14H18ClN3O2. The van der Waals surface area contributed by atoms with Crippen molar-refractivity contribution in [2.75, 3.05) is 20.8 Å². The summed E-state index contributed by atoms with van der Waals surface area (Å²) in [4.78, 5) is 16.7. The van der Waals surface area contributed by atoms with E-state index in [1.54, 1.807) is 6.20 Å². The van der Waals surface area contributed by atoms with Crippen LogP contribution in [0.25, 0.3) is 0 Å². The van der Waals surface area contributed by atoms with Crippen LogP contribution in [0.5, 0.6) is 0 Å². The number of benzene rings is 1. The standard InChI is InChI=1S/C14H18ClN3O2/c1-16-10-18(9-13(20-3)14(19)17-2)8-11-5-4-6-12(15)7-11/h4-7,9,16H,2,8,10H2,1,3H3/b13-9+. The fourth-order valence-corrected chi connectivity index (χ4v) is 1.87. The van der Waals surface area contributed by atoms with Crippen molar-refractivity contribution in [3.63, 3.8) is 0 Å². The van der Waals surface area contributed by atoms with Crippen molar-refractivity contribution < 1.29 is 9.53 Å². The minimum absolute atomic E-state index is 0.136. The zero-order chi connectivity index (χ0) is 15.0. The number of rotatable bonds is 7. The lowest BCUT2D eigenvalue weighted by molar-refractivity contribution is -0.117. The van der Waals surface area contributed by atoms with Gasteiger partial charge in [-0.05, 0) is 31.5 Å². The third-order valence-corrected chi connectivity index (χ3v) is 2.75. The summed E-state index contributed by atoms with van der Waals surface area (Å²) in [6, 6.07) is 7.53. The number of aliphatic imine (C=N–C) groups is 1. The van der Waals surface area contributed by atoms with Crippen LogP contribution in [-0.4, -0.2) is 38.4 Å². The quantitative estimate of drug-likeness (QED) is 0.362. The highest BCUT2D eigenvalue weighted by molar-refractivity contribution is 6.30. The summed E-state index contributed by atoms with van der Waals surface area (Å²) < 4.78 is 5.02. The third-order valence-electron chi connectivity index (χ3n) is 2.51. The number of hydrogen-bond donors (Lipinski definition) is 1. The van der Waals surface area contributed by atoms with Crippen molar-refractivity contribution in [3.8, 4) is 0 Å². The molecule has 0 aromatic heterocycles. The first kappa shape index (κ1) is 16.2. The number of amides is 1. The molecule has 0 atom stereocenters. The van der Waals surface area contributed by atoms with Gasteiger partial charge < -0.3 is 15.0 Å². The van der Waals surface area contributed by atoms with Gasteiger partial charge in [0.1, 0.15) is 0 Å². The Kier molecular flexibility index (Phi) is 6.76. The number of methoxy groups -OCH3 is 1. The Labute approximate surface area is 123 Å². The van der Waals surface area contributed by atoms with E-state index in [0.29, 0.717) is 18.2 Å². The molecule has 108 valence electrons. The first-order valence-electron chi connectivity index (χ1n) is 6.00. The van der Waals surface area contributed by atoms with E-state index in [1.807, 2.05) is 36.2 Å². The smallest absolute Gasteiger partial charge is 0.312 e. The molecule has 1 amide bonds. The molecule has 0 spiro atoms. The molecular weight excluding hydrogens is 278 g/mol. The summed E-state index contributed by atoms with van der Waals surface area (Å²) in [6.07, 6.45) is 1.61. The fraction of sp³-hybridized carbons (Fsp3) is 0.286. The SMILES string of the molecule is C=NC(=O)/C(=C\N(CNC)Cc1cccc(Cl)c1)OC. The summed E-state index contributed by atoms with van der Waals surface area (Å²) in [6.45, 7) is 4.33. The number of carbonyl (C=O) groups excluding carboxylic acids is 1. The first-order valence-corrected chi connectivity index (χ1v) is 6.38. The zero-order valence-electron chi connectivity index (χ0n) is 11.6. The molecule has 1 N–H and O–H groups in total. The number of carbonyl (C=O) groups is 1. The second kappa shape index (κ2) is 8.35. The van der Waals surface area contributed by atoms with Crippen molar-refractivity contribution in [1.82, 2.24) is 10.2 Å². The Bertz CT molecular complexity index is 503. The van der Waals surface area contributed by atoms with Crippen LogP contribution in [0.4, 0.5) is 0 Å². The summed E-state index contributed by atoms with van der Waals surface area (Å²) in [5, 5.41) is 3.70. The van der Waals surface area contributed by atoms with E-state index in [2.05, 4.69) is 17.0 Å². The van der Waals surface area contributed by atoms with Crippen molar-refractivity contribution in [2.24, 2.45) is 4.99 Å². The lowest BCUT2D eigenvalue weighted by Crippen LogP contribution is -2.28. The molecule has 20 heavy (non-hydrogen) atoms. The average Bonchev–Trinajstić information content (AvgIpc) is 2.44. The van der Waals surface area contributed by atoms with Gasteiger partial charge in [-0.2, -0.15) is 0 Å². The van der Waals surface area contributed by atoms with Crippen LogP contribution < -0.4 is 5.32 Å². The van der Waals surface area contributed by atoms with Gasteiger partial charge in [0.15, 0.2) is 0 Å². The lowest BCUT2D eigenvalue weighted by Gasteiger charge is -2.21. The predicted octanol–water partition coefficient (Wildman–Crippen LogP) is 2.03. The highest BCUT2D eigenvalue weighted by atomic mass is 35.5. The molecule has 0 aliphatic rings. The van der Waals surface area contributed by atoms with E-state index in [1.165, 1.54) is 7.11 Å². The molecule has 0 saturated heterocycles. The second-order valence-electron chi connectivity index (χ2n) is 4.05. The van der Waals surface area contributed by atoms with E-state index in [-0.39, 0.29) is 5.76 Å². The molecule has 0 aliphatic heterocycles. The minimum Gasteiger partial charge on any atom is -0.490 e. The molecule has 0 bridgehead atoms. The molecule has 1 rings (SSSR count). The largest absolute Gasteiger partial charge is 0.490 e. The summed E-state index contributed by atoms with van der Waals surface area (Å²) in [7, 11) is 3.24. The fourth-order valence-electron chi connectivity index (χ4n) is 1.66. The topological polar surface area (TPSA) is 53.9 Å². The highest BCUT2D eigenvalue weighted by Gasteiger charge is 2.10. The van der Waals surface area contributed by atoms with E-state index >= 15 is 0 Å². The normalized spacial score (nSPS) is 11.1. The van der Waals surface area contributed by atoms with Crippen LogP contribution in [0.15, 0.2) is 41.2 Å². The number of nitrogens with zero attached hydrogens (tertiary/aromatic N) is 2. The Morgan fingerprint density at radius 2 is 2.35 bits per heavy atom. The van der Waals surface area contributed by atoms with Gasteiger partial charge in [-0.25, -0.2) is 4.99 Å². The average molecular weight is 296 g/mol. The second-order valence-corrected chi connectivity index (χ2v) is 4.49. The van der Waals surface area contributed by atoms with Gasteiger partial charge in [0, 0.05) is 17.8 Å². The van der Waals surface area contributed by atoms with Crippen molar-refractivity contribution in [1.29, 1.82) is 0 Å². The van der Waals surface area contributed by atoms with E-state index in [0.717, 1.165) is 5.56 Å². The van der Waals surface area contributed by atoms with Crippen molar-refractivity contribution in [3.05, 3.63) is 46.8 Å². The van der Waals surface area contributed by atoms with E-state index in [9.17, 15) is 4.79 Å². The van der Waals surface area contributed by atoms with Crippen LogP contribution in [0.1, 0.15) is 5.56 Å². The van der Waals surface area contributed by atoms with Crippen molar-refractivity contribution in [2.45, 2.75) is 6.54 Å². The van der Waals surface area contributed by atoms with Crippen LogP contribution >= 0.6 is 11.6 Å². The molecule has 0 unspecified atom stereocenters. The maximum absolute atomic E-state index is 11.5. The van der Waals surface area contributed by atoms with Gasteiger partial charge in [-0.3, -0.25) is 4.79 Å². The van der Waals surface area contributed by atoms with Crippen LogP contribution in [0.3, 0.4) is 0 Å². The lowest BCUT2D eigenvalue weighted by atomic mass is 10.2. The van der Waals surface area contributed by atoms with Gasteiger partial charge in [0.25, 0.3) is 0 Å². The Morgan fingerprint density at radius 3 is 2.90 bits per heavy atom. The Balaban J connectivity index is 2.90. The van der Waals surface area contributed by atoms with Gasteiger partial charge in [-0.1, -0.05) is 23.7 Å². The molecule has 0 saturated carbocycles. The molecule has 0 aliphatic carbocycles. The van der Waals surface area contributed by atoms with E-state index in [4.69, 9.17) is 16.3 Å². The number of hydrogen-bond acceptors (Lipinski definition) is 4. The molecule has 0 radical (unpaired) electrons. The maximum Gasteiger partial charge on any atom is 0.312 e. The van der Waals surface area contributed by atoms with Gasteiger partial charge in [0.2, 0.25) is 5.76 Å². The van der Waals surface area contributed by atoms with Gasteiger partial charge in [-0.15, -0.1) is 0 Å².